The average molecular weight is 327 g/mol. The smallest absolute Gasteiger partial charge is 0.410 e. The molecule has 130 valence electrons. The van der Waals surface area contributed by atoms with Crippen LogP contribution in [0.1, 0.15) is 46.5 Å². The summed E-state index contributed by atoms with van der Waals surface area (Å²) >= 11 is 0. The van der Waals surface area contributed by atoms with Crippen molar-refractivity contribution in [1.29, 1.82) is 0 Å². The molecule has 0 spiro atoms. The van der Waals surface area contributed by atoms with Crippen LogP contribution in [0.15, 0.2) is 0 Å². The lowest BCUT2D eigenvalue weighted by Crippen LogP contribution is -2.57. The summed E-state index contributed by atoms with van der Waals surface area (Å²) in [7, 11) is 0. The molecule has 2 aliphatic rings. The van der Waals surface area contributed by atoms with Crippen molar-refractivity contribution >= 4 is 12.0 Å². The van der Waals surface area contributed by atoms with Crippen LogP contribution in [-0.4, -0.2) is 52.6 Å². The molecule has 0 aliphatic carbocycles. The summed E-state index contributed by atoms with van der Waals surface area (Å²) in [6, 6.07) is -1.17. The summed E-state index contributed by atoms with van der Waals surface area (Å²) in [5.74, 6) is -0.101. The first kappa shape index (κ1) is 17.5. The quantitative estimate of drug-likeness (QED) is 0.612. The summed E-state index contributed by atoms with van der Waals surface area (Å²) in [6.45, 7) is 6.44. The number of hydrogen-bond donors (Lipinski definition) is 1. The van der Waals surface area contributed by atoms with E-state index in [9.17, 15) is 19.7 Å². The number of nitro groups is 1. The van der Waals surface area contributed by atoms with Gasteiger partial charge in [-0.1, -0.05) is 0 Å². The molecule has 2 fully saturated rings. The van der Waals surface area contributed by atoms with Gasteiger partial charge in [0.15, 0.2) is 0 Å². The molecule has 0 aromatic rings. The molecule has 0 radical (unpaired) electrons. The molecule has 2 amide bonds. The van der Waals surface area contributed by atoms with Gasteiger partial charge in [-0.2, -0.15) is 0 Å². The van der Waals surface area contributed by atoms with Gasteiger partial charge in [0.2, 0.25) is 11.9 Å². The van der Waals surface area contributed by atoms with E-state index in [2.05, 4.69) is 5.32 Å². The number of hydrogen-bond acceptors (Lipinski definition) is 5. The SMILES string of the molecule is CC(C)(C)OC(=O)N1CCC([C@@H]2NC(=O)CC[C@H]2[N+](=O)[O-])CC1. The van der Waals surface area contributed by atoms with Crippen molar-refractivity contribution in [3.8, 4) is 0 Å². The van der Waals surface area contributed by atoms with Crippen molar-refractivity contribution in [3.05, 3.63) is 10.1 Å². The van der Waals surface area contributed by atoms with E-state index in [4.69, 9.17) is 4.74 Å². The Hall–Kier alpha value is -1.86. The molecule has 2 rings (SSSR count). The molecule has 2 aliphatic heterocycles. The predicted molar refractivity (Wildman–Crippen MR) is 82.5 cm³/mol. The van der Waals surface area contributed by atoms with E-state index in [0.29, 0.717) is 25.9 Å². The number of piperidine rings is 2. The lowest BCUT2D eigenvalue weighted by Gasteiger charge is -2.38. The minimum Gasteiger partial charge on any atom is -0.444 e. The maximum absolute atomic E-state index is 12.0. The van der Waals surface area contributed by atoms with Gasteiger partial charge in [0.1, 0.15) is 5.60 Å². The van der Waals surface area contributed by atoms with Crippen molar-refractivity contribution in [2.24, 2.45) is 5.92 Å². The standard InChI is InChI=1S/C15H25N3O5/c1-15(2,3)23-14(20)17-8-6-10(7-9-17)13-11(18(21)22)4-5-12(19)16-13/h10-11,13H,4-9H2,1-3H3,(H,16,19)/t11-,13+/m1/s1. The molecule has 0 bridgehead atoms. The van der Waals surface area contributed by atoms with Gasteiger partial charge in [-0.05, 0) is 39.5 Å². The van der Waals surface area contributed by atoms with E-state index in [1.165, 1.54) is 0 Å². The fraction of sp³-hybridized carbons (Fsp3) is 0.867. The summed E-state index contributed by atoms with van der Waals surface area (Å²) in [5.41, 5.74) is -0.540. The third-order valence-electron chi connectivity index (χ3n) is 4.38. The highest BCUT2D eigenvalue weighted by Gasteiger charge is 2.43. The molecule has 8 heteroatoms. The number of carbonyl (C=O) groups excluding carboxylic acids is 2. The number of ether oxygens (including phenoxy) is 1. The first-order chi connectivity index (χ1) is 10.7. The van der Waals surface area contributed by atoms with E-state index in [-0.39, 0.29) is 35.7 Å². The number of nitrogens with one attached hydrogen (secondary N) is 1. The number of nitrogens with zero attached hydrogens (tertiary/aromatic N) is 2. The molecular weight excluding hydrogens is 302 g/mol. The Labute approximate surface area is 135 Å². The maximum atomic E-state index is 12.0. The average Bonchev–Trinajstić information content (AvgIpc) is 2.45. The van der Waals surface area contributed by atoms with Gasteiger partial charge < -0.3 is 15.0 Å². The number of amides is 2. The minimum atomic E-state index is -0.731. The van der Waals surface area contributed by atoms with Crippen LogP contribution < -0.4 is 5.32 Å². The van der Waals surface area contributed by atoms with Gasteiger partial charge in [-0.15, -0.1) is 0 Å². The Morgan fingerprint density at radius 2 is 1.91 bits per heavy atom. The zero-order chi connectivity index (χ0) is 17.2. The van der Waals surface area contributed by atoms with E-state index < -0.39 is 17.7 Å². The minimum absolute atomic E-state index is 0.0216. The van der Waals surface area contributed by atoms with Crippen LogP contribution >= 0.6 is 0 Å². The second kappa shape index (κ2) is 6.72. The van der Waals surface area contributed by atoms with Gasteiger partial charge in [0.25, 0.3) is 0 Å². The summed E-state index contributed by atoms with van der Waals surface area (Å²) in [6.07, 6.45) is 1.41. The summed E-state index contributed by atoms with van der Waals surface area (Å²) in [5, 5.41) is 14.0. The molecule has 2 atom stereocenters. The predicted octanol–water partition coefficient (Wildman–Crippen LogP) is 1.56. The molecule has 0 aromatic carbocycles. The number of carbonyl (C=O) groups is 2. The number of likely N-dealkylation sites (tertiary alicyclic amines) is 1. The summed E-state index contributed by atoms with van der Waals surface area (Å²) in [4.78, 5) is 36.2. The molecule has 0 aromatic heterocycles. The molecule has 0 unspecified atom stereocenters. The second-order valence-electron chi connectivity index (χ2n) is 7.29. The Morgan fingerprint density at radius 1 is 1.30 bits per heavy atom. The molecule has 0 saturated carbocycles. The van der Waals surface area contributed by atoms with Crippen LogP contribution in [0.3, 0.4) is 0 Å². The molecular formula is C15H25N3O5. The Morgan fingerprint density at radius 3 is 2.43 bits per heavy atom. The van der Waals surface area contributed by atoms with Crippen molar-refractivity contribution in [2.75, 3.05) is 13.1 Å². The van der Waals surface area contributed by atoms with Crippen LogP contribution in [0.5, 0.6) is 0 Å². The highest BCUT2D eigenvalue weighted by molar-refractivity contribution is 5.77. The zero-order valence-corrected chi connectivity index (χ0v) is 13.9. The van der Waals surface area contributed by atoms with Crippen molar-refractivity contribution in [1.82, 2.24) is 10.2 Å². The van der Waals surface area contributed by atoms with E-state index in [0.717, 1.165) is 0 Å². The van der Waals surface area contributed by atoms with Gasteiger partial charge >= 0.3 is 6.09 Å². The fourth-order valence-corrected chi connectivity index (χ4v) is 3.25. The van der Waals surface area contributed by atoms with Gasteiger partial charge in [0, 0.05) is 30.9 Å². The largest absolute Gasteiger partial charge is 0.444 e. The second-order valence-corrected chi connectivity index (χ2v) is 7.29. The van der Waals surface area contributed by atoms with Gasteiger partial charge in [-0.25, -0.2) is 4.79 Å². The third-order valence-corrected chi connectivity index (χ3v) is 4.38. The van der Waals surface area contributed by atoms with E-state index >= 15 is 0 Å². The van der Waals surface area contributed by atoms with Gasteiger partial charge in [-0.3, -0.25) is 14.9 Å². The van der Waals surface area contributed by atoms with Gasteiger partial charge in [0.05, 0.1) is 6.04 Å². The fourth-order valence-electron chi connectivity index (χ4n) is 3.25. The first-order valence-electron chi connectivity index (χ1n) is 8.08. The number of rotatable bonds is 2. The molecule has 23 heavy (non-hydrogen) atoms. The van der Waals surface area contributed by atoms with Crippen LogP contribution in [0.4, 0.5) is 4.79 Å². The summed E-state index contributed by atoms with van der Waals surface area (Å²) < 4.78 is 5.34. The maximum Gasteiger partial charge on any atom is 0.410 e. The van der Waals surface area contributed by atoms with E-state index in [1.54, 1.807) is 4.90 Å². The molecule has 8 nitrogen and oxygen atoms in total. The van der Waals surface area contributed by atoms with E-state index in [1.807, 2.05) is 20.8 Å². The highest BCUT2D eigenvalue weighted by Crippen LogP contribution is 2.28. The molecule has 1 N–H and O–H groups in total. The Bertz CT molecular complexity index is 480. The Kier molecular flexibility index (Phi) is 5.11. The lowest BCUT2D eigenvalue weighted by molar-refractivity contribution is -0.530. The van der Waals surface area contributed by atoms with Crippen molar-refractivity contribution in [2.45, 2.75) is 64.1 Å². The normalized spacial score (nSPS) is 26.6. The molecule has 2 heterocycles. The zero-order valence-electron chi connectivity index (χ0n) is 13.9. The topological polar surface area (TPSA) is 102 Å². The molecule has 2 saturated heterocycles. The van der Waals surface area contributed by atoms with Crippen LogP contribution in [0, 0.1) is 16.0 Å². The Balaban J connectivity index is 1.93. The van der Waals surface area contributed by atoms with Crippen LogP contribution in [0.25, 0.3) is 0 Å². The van der Waals surface area contributed by atoms with Crippen LogP contribution in [-0.2, 0) is 9.53 Å². The first-order valence-corrected chi connectivity index (χ1v) is 8.08. The van der Waals surface area contributed by atoms with Crippen molar-refractivity contribution in [3.63, 3.8) is 0 Å². The monoisotopic (exact) mass is 327 g/mol. The van der Waals surface area contributed by atoms with Crippen molar-refractivity contribution < 1.29 is 19.2 Å². The third kappa shape index (κ3) is 4.56. The van der Waals surface area contributed by atoms with Crippen LogP contribution in [0.2, 0.25) is 0 Å². The highest BCUT2D eigenvalue weighted by atomic mass is 16.6. The lowest BCUT2D eigenvalue weighted by atomic mass is 9.82.